The third-order valence-electron chi connectivity index (χ3n) is 5.31. The maximum absolute atomic E-state index is 8.58. The predicted octanol–water partition coefficient (Wildman–Crippen LogP) is 7.40. The molecule has 0 aliphatic heterocycles. The fourth-order valence-corrected chi connectivity index (χ4v) is 4.41. The Morgan fingerprint density at radius 2 is 1.03 bits per heavy atom. The summed E-state index contributed by atoms with van der Waals surface area (Å²) in [6.45, 7) is 0. The number of anilines is 2. The zero-order chi connectivity index (χ0) is 26.6. The molecule has 194 valence electrons. The molecule has 5 aromatic carbocycles. The Kier molecular flexibility index (Phi) is 12.8. The van der Waals surface area contributed by atoms with Crippen LogP contribution in [0, 0.1) is 0 Å². The van der Waals surface area contributed by atoms with E-state index in [-0.39, 0.29) is 7.43 Å². The molecule has 6 N–H and O–H groups in total. The lowest BCUT2D eigenvalue weighted by Gasteiger charge is -2.09. The Morgan fingerprint density at radius 1 is 0.526 bits per heavy atom. The van der Waals surface area contributed by atoms with E-state index in [0.29, 0.717) is 5.46 Å². The molecule has 0 spiro atoms. The second-order valence-corrected chi connectivity index (χ2v) is 9.75. The maximum Gasteiger partial charge on any atom is 0.488 e. The fourth-order valence-electron chi connectivity index (χ4n) is 3.36. The first-order valence-corrected chi connectivity index (χ1v) is 13.1. The van der Waals surface area contributed by atoms with Gasteiger partial charge in [0.15, 0.2) is 0 Å². The van der Waals surface area contributed by atoms with Crippen LogP contribution in [0.1, 0.15) is 7.43 Å². The smallest absolute Gasteiger partial charge is 0.423 e. The highest BCUT2D eigenvalue weighted by atomic mass is 79.9. The second kappa shape index (κ2) is 15.8. The fraction of sp³-hybridized carbons (Fsp3) is 0.0323. The zero-order valence-corrected chi connectivity index (χ0v) is 23.2. The molecular weight excluding hydrogens is 603 g/mol. The lowest BCUT2D eigenvalue weighted by Crippen LogP contribution is -2.29. The van der Waals surface area contributed by atoms with E-state index >= 15 is 0 Å². The van der Waals surface area contributed by atoms with Crippen LogP contribution in [0.25, 0.3) is 22.3 Å². The normalized spacial score (nSPS) is 9.58. The van der Waals surface area contributed by atoms with Gasteiger partial charge in [0.1, 0.15) is 0 Å². The molecule has 0 aliphatic carbocycles. The summed E-state index contributed by atoms with van der Waals surface area (Å²) in [5.41, 5.74) is 18.4. The lowest BCUT2D eigenvalue weighted by molar-refractivity contribution is 0.426. The Bertz CT molecular complexity index is 1390. The number of nitrogen functional groups attached to an aromatic ring is 2. The standard InChI is InChI=1S/C18H15N.C6H7BO2.C6H5Br2N.CH4/c19-18-12-11-16(14-7-3-1-4-8-14)13-17(18)15-9-5-2-6-10-15;8-7(9)6-4-2-1-3-5-6;7-4-1-2-6(9)5(8)3-4;/h1-13H,19H2;1-5,8-9H;1-3H,9H2;1H4. The quantitative estimate of drug-likeness (QED) is 0.123. The average molecular weight is 634 g/mol. The molecule has 0 bridgehead atoms. The Labute approximate surface area is 242 Å². The van der Waals surface area contributed by atoms with Crippen molar-refractivity contribution in [2.45, 2.75) is 7.43 Å². The minimum atomic E-state index is -1.34. The molecule has 0 heterocycles. The Morgan fingerprint density at radius 3 is 1.50 bits per heavy atom. The first kappa shape index (κ1) is 30.9. The number of nitrogens with two attached hydrogens (primary N) is 2. The summed E-state index contributed by atoms with van der Waals surface area (Å²) in [4.78, 5) is 0. The SMILES string of the molecule is C.Nc1ccc(-c2ccccc2)cc1-c1ccccc1.Nc1ccc(Br)cc1Br.OB(O)c1ccccc1. The molecule has 38 heavy (non-hydrogen) atoms. The minimum absolute atomic E-state index is 0. The maximum atomic E-state index is 8.58. The molecule has 0 aromatic heterocycles. The van der Waals surface area contributed by atoms with Crippen LogP contribution in [0.2, 0.25) is 0 Å². The van der Waals surface area contributed by atoms with Crippen molar-refractivity contribution in [3.63, 3.8) is 0 Å². The summed E-state index contributed by atoms with van der Waals surface area (Å²) in [5.74, 6) is 0. The summed E-state index contributed by atoms with van der Waals surface area (Å²) >= 11 is 6.60. The van der Waals surface area contributed by atoms with E-state index < -0.39 is 7.12 Å². The van der Waals surface area contributed by atoms with Gasteiger partial charge in [0.25, 0.3) is 0 Å². The number of hydrogen-bond acceptors (Lipinski definition) is 4. The highest BCUT2D eigenvalue weighted by molar-refractivity contribution is 9.11. The largest absolute Gasteiger partial charge is 0.488 e. The van der Waals surface area contributed by atoms with Gasteiger partial charge in [0, 0.05) is 25.9 Å². The Hall–Kier alpha value is -3.36. The monoisotopic (exact) mass is 632 g/mol. The molecular formula is C31H31BBr2N2O2. The van der Waals surface area contributed by atoms with Gasteiger partial charge >= 0.3 is 7.12 Å². The number of rotatable bonds is 3. The first-order chi connectivity index (χ1) is 17.8. The van der Waals surface area contributed by atoms with E-state index in [1.807, 2.05) is 66.7 Å². The van der Waals surface area contributed by atoms with Gasteiger partial charge in [0.05, 0.1) is 0 Å². The minimum Gasteiger partial charge on any atom is -0.423 e. The lowest BCUT2D eigenvalue weighted by atomic mass is 9.81. The summed E-state index contributed by atoms with van der Waals surface area (Å²) in [5, 5.41) is 17.2. The first-order valence-electron chi connectivity index (χ1n) is 11.5. The van der Waals surface area contributed by atoms with Crippen LogP contribution in [0.3, 0.4) is 0 Å². The Balaban J connectivity index is 0.000000224. The molecule has 0 amide bonds. The highest BCUT2D eigenvalue weighted by Crippen LogP contribution is 2.31. The van der Waals surface area contributed by atoms with Crippen LogP contribution in [0.4, 0.5) is 11.4 Å². The van der Waals surface area contributed by atoms with Gasteiger partial charge < -0.3 is 21.5 Å². The van der Waals surface area contributed by atoms with Crippen molar-refractivity contribution in [3.05, 3.63) is 136 Å². The van der Waals surface area contributed by atoms with Crippen LogP contribution in [0.15, 0.2) is 136 Å². The molecule has 5 rings (SSSR count). The van der Waals surface area contributed by atoms with Crippen molar-refractivity contribution >= 4 is 55.8 Å². The van der Waals surface area contributed by atoms with Gasteiger partial charge in [-0.2, -0.15) is 0 Å². The van der Waals surface area contributed by atoms with Crippen molar-refractivity contribution in [1.82, 2.24) is 0 Å². The van der Waals surface area contributed by atoms with Crippen molar-refractivity contribution in [2.75, 3.05) is 11.5 Å². The summed E-state index contributed by atoms with van der Waals surface area (Å²) < 4.78 is 1.96. The van der Waals surface area contributed by atoms with E-state index in [9.17, 15) is 0 Å². The van der Waals surface area contributed by atoms with E-state index in [2.05, 4.69) is 68.3 Å². The van der Waals surface area contributed by atoms with Crippen molar-refractivity contribution < 1.29 is 10.0 Å². The molecule has 0 saturated carbocycles. The van der Waals surface area contributed by atoms with E-state index in [1.54, 1.807) is 24.3 Å². The number of halogens is 2. The third kappa shape index (κ3) is 9.51. The van der Waals surface area contributed by atoms with Gasteiger partial charge in [-0.3, -0.25) is 0 Å². The van der Waals surface area contributed by atoms with Gasteiger partial charge in [-0.1, -0.05) is 120 Å². The van der Waals surface area contributed by atoms with Crippen LogP contribution in [0.5, 0.6) is 0 Å². The molecule has 0 saturated heterocycles. The van der Waals surface area contributed by atoms with Crippen LogP contribution >= 0.6 is 31.9 Å². The van der Waals surface area contributed by atoms with Gasteiger partial charge in [-0.05, 0) is 68.4 Å². The van der Waals surface area contributed by atoms with Crippen molar-refractivity contribution in [2.24, 2.45) is 0 Å². The summed E-state index contributed by atoms with van der Waals surface area (Å²) in [7, 11) is -1.34. The number of benzene rings is 5. The highest BCUT2D eigenvalue weighted by Gasteiger charge is 2.07. The van der Waals surface area contributed by atoms with Gasteiger partial charge in [0.2, 0.25) is 0 Å². The zero-order valence-electron chi connectivity index (χ0n) is 20.0. The van der Waals surface area contributed by atoms with E-state index in [0.717, 1.165) is 31.4 Å². The molecule has 0 radical (unpaired) electrons. The molecule has 7 heteroatoms. The number of hydrogen-bond donors (Lipinski definition) is 4. The average Bonchev–Trinajstić information content (AvgIpc) is 2.93. The topological polar surface area (TPSA) is 92.5 Å². The molecule has 4 nitrogen and oxygen atoms in total. The molecule has 0 aliphatic rings. The predicted molar refractivity (Wildman–Crippen MR) is 171 cm³/mol. The molecule has 0 unspecified atom stereocenters. The van der Waals surface area contributed by atoms with Gasteiger partial charge in [-0.25, -0.2) is 0 Å². The van der Waals surface area contributed by atoms with Crippen LogP contribution in [-0.2, 0) is 0 Å². The van der Waals surface area contributed by atoms with Gasteiger partial charge in [-0.15, -0.1) is 0 Å². The third-order valence-corrected chi connectivity index (χ3v) is 6.49. The van der Waals surface area contributed by atoms with E-state index in [4.69, 9.17) is 21.5 Å². The molecule has 0 fully saturated rings. The molecule has 0 atom stereocenters. The van der Waals surface area contributed by atoms with Crippen LogP contribution in [-0.4, -0.2) is 17.2 Å². The van der Waals surface area contributed by atoms with Crippen molar-refractivity contribution in [3.8, 4) is 22.3 Å². The summed E-state index contributed by atoms with van der Waals surface area (Å²) in [6, 6.07) is 41.1. The van der Waals surface area contributed by atoms with E-state index in [1.165, 1.54) is 11.1 Å². The van der Waals surface area contributed by atoms with Crippen LogP contribution < -0.4 is 16.9 Å². The van der Waals surface area contributed by atoms with Crippen molar-refractivity contribution in [1.29, 1.82) is 0 Å². The molecule has 5 aromatic rings. The summed E-state index contributed by atoms with van der Waals surface area (Å²) in [6.07, 6.45) is 0. The second-order valence-electron chi connectivity index (χ2n) is 7.98.